The summed E-state index contributed by atoms with van der Waals surface area (Å²) in [5, 5.41) is 12.5. The Hall–Kier alpha value is -2.91. The molecule has 2 aromatic carbocycles. The lowest BCUT2D eigenvalue weighted by Crippen LogP contribution is -2.38. The normalized spacial score (nSPS) is 16.9. The summed E-state index contributed by atoms with van der Waals surface area (Å²) in [7, 11) is 0. The van der Waals surface area contributed by atoms with Gasteiger partial charge in [0.2, 0.25) is 11.9 Å². The molecule has 1 unspecified atom stereocenters. The molecule has 0 bridgehead atoms. The maximum Gasteiger partial charge on any atom is 0.232 e. The van der Waals surface area contributed by atoms with E-state index in [1.165, 1.54) is 29.5 Å². The molecule has 1 N–H and O–H groups in total. The highest BCUT2D eigenvalue weighted by atomic mass is 32.2. The summed E-state index contributed by atoms with van der Waals surface area (Å²) in [6, 6.07) is 14.7. The van der Waals surface area contributed by atoms with Crippen LogP contribution in [0.4, 0.5) is 10.3 Å². The molecule has 1 aromatic heterocycles. The molecule has 0 radical (unpaired) electrons. The van der Waals surface area contributed by atoms with Crippen molar-refractivity contribution in [1.82, 2.24) is 20.1 Å². The first-order valence-electron chi connectivity index (χ1n) is 11.6. The Morgan fingerprint density at radius 2 is 1.94 bits per heavy atom. The van der Waals surface area contributed by atoms with Crippen LogP contribution >= 0.6 is 11.8 Å². The SMILES string of the molecule is Cc1ccc(C(NC(=O)CSc2nnc(N3CCOCC3)n2-c2cccc(F)c2)C2CC2)cc1. The minimum absolute atomic E-state index is 0.0266. The molecule has 1 saturated heterocycles. The van der Waals surface area contributed by atoms with E-state index >= 15 is 0 Å². The molecular weight excluding hydrogens is 453 g/mol. The minimum atomic E-state index is -0.335. The molecule has 1 aliphatic carbocycles. The number of carbonyl (C=O) groups is 1. The van der Waals surface area contributed by atoms with Crippen molar-refractivity contribution in [2.75, 3.05) is 37.0 Å². The molecule has 7 nitrogen and oxygen atoms in total. The topological polar surface area (TPSA) is 72.3 Å². The van der Waals surface area contributed by atoms with Crippen LogP contribution in [0.2, 0.25) is 0 Å². The summed E-state index contributed by atoms with van der Waals surface area (Å²) in [6.45, 7) is 4.62. The van der Waals surface area contributed by atoms with Crippen LogP contribution in [0.3, 0.4) is 0 Å². The number of benzene rings is 2. The number of aromatic nitrogens is 3. The predicted molar refractivity (Wildman–Crippen MR) is 130 cm³/mol. The lowest BCUT2D eigenvalue weighted by atomic mass is 10.0. The van der Waals surface area contributed by atoms with Crippen LogP contribution in [0.15, 0.2) is 53.7 Å². The fourth-order valence-corrected chi connectivity index (χ4v) is 4.95. The van der Waals surface area contributed by atoms with Crippen molar-refractivity contribution in [3.8, 4) is 5.69 Å². The maximum absolute atomic E-state index is 14.0. The van der Waals surface area contributed by atoms with Crippen LogP contribution in [0.1, 0.15) is 30.0 Å². The van der Waals surface area contributed by atoms with Crippen LogP contribution in [0, 0.1) is 18.7 Å². The van der Waals surface area contributed by atoms with Crippen molar-refractivity contribution in [3.63, 3.8) is 0 Å². The van der Waals surface area contributed by atoms with Gasteiger partial charge in [-0.2, -0.15) is 0 Å². The number of hydrogen-bond donors (Lipinski definition) is 1. The number of rotatable bonds is 8. The molecule has 2 heterocycles. The third-order valence-corrected chi connectivity index (χ3v) is 7.08. The van der Waals surface area contributed by atoms with Gasteiger partial charge in [0, 0.05) is 13.1 Å². The van der Waals surface area contributed by atoms with E-state index in [2.05, 4.69) is 51.6 Å². The lowest BCUT2D eigenvalue weighted by Gasteiger charge is -2.27. The molecule has 1 atom stereocenters. The number of carbonyl (C=O) groups excluding carboxylic acids is 1. The van der Waals surface area contributed by atoms with Gasteiger partial charge in [0.15, 0.2) is 5.16 Å². The molecule has 2 fully saturated rings. The van der Waals surface area contributed by atoms with Gasteiger partial charge in [-0.25, -0.2) is 4.39 Å². The number of nitrogens with zero attached hydrogens (tertiary/aromatic N) is 4. The highest BCUT2D eigenvalue weighted by Gasteiger charge is 2.33. The van der Waals surface area contributed by atoms with Gasteiger partial charge in [0.05, 0.1) is 30.7 Å². The molecule has 1 aliphatic heterocycles. The quantitative estimate of drug-likeness (QED) is 0.492. The van der Waals surface area contributed by atoms with Crippen LogP contribution in [0.25, 0.3) is 5.69 Å². The van der Waals surface area contributed by atoms with Gasteiger partial charge in [-0.3, -0.25) is 9.36 Å². The van der Waals surface area contributed by atoms with E-state index in [1.807, 2.05) is 10.6 Å². The molecule has 1 saturated carbocycles. The fraction of sp³-hybridized carbons (Fsp3) is 0.400. The highest BCUT2D eigenvalue weighted by Crippen LogP contribution is 2.41. The summed E-state index contributed by atoms with van der Waals surface area (Å²) < 4.78 is 21.3. The van der Waals surface area contributed by atoms with Gasteiger partial charge in [-0.1, -0.05) is 47.7 Å². The summed E-state index contributed by atoms with van der Waals surface area (Å²) in [5.74, 6) is 0.932. The standard InChI is InChI=1S/C25H28FN5O2S/c1-17-5-7-18(8-6-17)23(19-9-10-19)27-22(32)16-34-25-29-28-24(30-11-13-33-14-12-30)31(25)21-4-2-3-20(26)15-21/h2-8,15,19,23H,9-14,16H2,1H3,(H,27,32). The molecule has 9 heteroatoms. The first kappa shape index (κ1) is 22.9. The zero-order chi connectivity index (χ0) is 23.5. The van der Waals surface area contributed by atoms with Gasteiger partial charge in [0.1, 0.15) is 5.82 Å². The summed E-state index contributed by atoms with van der Waals surface area (Å²) in [6.07, 6.45) is 2.26. The van der Waals surface area contributed by atoms with Crippen molar-refractivity contribution >= 4 is 23.6 Å². The molecule has 2 aliphatic rings. The molecule has 0 spiro atoms. The first-order chi connectivity index (χ1) is 16.6. The number of aryl methyl sites for hydroxylation is 1. The Morgan fingerprint density at radius 1 is 1.18 bits per heavy atom. The van der Waals surface area contributed by atoms with Crippen molar-refractivity contribution < 1.29 is 13.9 Å². The summed E-state index contributed by atoms with van der Waals surface area (Å²) in [4.78, 5) is 15.0. The second-order valence-corrected chi connectivity index (χ2v) is 9.72. The monoisotopic (exact) mass is 481 g/mol. The number of hydrogen-bond acceptors (Lipinski definition) is 6. The third-order valence-electron chi connectivity index (χ3n) is 6.16. The number of thioether (sulfide) groups is 1. The Morgan fingerprint density at radius 3 is 2.65 bits per heavy atom. The zero-order valence-electron chi connectivity index (χ0n) is 19.1. The van der Waals surface area contributed by atoms with E-state index in [0.717, 1.165) is 18.4 Å². The van der Waals surface area contributed by atoms with E-state index in [9.17, 15) is 9.18 Å². The van der Waals surface area contributed by atoms with Crippen LogP contribution in [0.5, 0.6) is 0 Å². The highest BCUT2D eigenvalue weighted by molar-refractivity contribution is 7.99. The Labute approximate surface area is 202 Å². The van der Waals surface area contributed by atoms with Gasteiger partial charge >= 0.3 is 0 Å². The van der Waals surface area contributed by atoms with E-state index in [4.69, 9.17) is 4.74 Å². The third kappa shape index (κ3) is 5.26. The van der Waals surface area contributed by atoms with Crippen molar-refractivity contribution in [1.29, 1.82) is 0 Å². The molecule has 178 valence electrons. The van der Waals surface area contributed by atoms with Crippen molar-refractivity contribution in [3.05, 3.63) is 65.5 Å². The van der Waals surface area contributed by atoms with Gasteiger partial charge in [0.25, 0.3) is 0 Å². The fourth-order valence-electron chi connectivity index (χ4n) is 4.19. The van der Waals surface area contributed by atoms with Crippen molar-refractivity contribution in [2.24, 2.45) is 5.92 Å². The lowest BCUT2D eigenvalue weighted by molar-refractivity contribution is -0.119. The van der Waals surface area contributed by atoms with E-state index in [-0.39, 0.29) is 23.5 Å². The maximum atomic E-state index is 14.0. The second kappa shape index (κ2) is 10.1. The van der Waals surface area contributed by atoms with Crippen LogP contribution in [-0.4, -0.2) is 52.7 Å². The summed E-state index contributed by atoms with van der Waals surface area (Å²) in [5.41, 5.74) is 2.97. The minimum Gasteiger partial charge on any atom is -0.378 e. The van der Waals surface area contributed by atoms with E-state index in [0.29, 0.717) is 49.0 Å². The molecular formula is C25H28FN5O2S. The van der Waals surface area contributed by atoms with E-state index < -0.39 is 0 Å². The van der Waals surface area contributed by atoms with Crippen LogP contribution in [-0.2, 0) is 9.53 Å². The molecule has 5 rings (SSSR count). The Kier molecular flexibility index (Phi) is 6.82. The average Bonchev–Trinajstić information content (AvgIpc) is 3.61. The average molecular weight is 482 g/mol. The molecule has 1 amide bonds. The Balaban J connectivity index is 1.33. The number of halogens is 1. The predicted octanol–water partition coefficient (Wildman–Crippen LogP) is 3.91. The van der Waals surface area contributed by atoms with Crippen molar-refractivity contribution in [2.45, 2.75) is 31.0 Å². The summed E-state index contributed by atoms with van der Waals surface area (Å²) >= 11 is 1.31. The number of amides is 1. The number of nitrogens with one attached hydrogen (secondary N) is 1. The molecule has 3 aromatic rings. The zero-order valence-corrected chi connectivity index (χ0v) is 19.9. The Bertz CT molecular complexity index is 1140. The number of anilines is 1. The largest absolute Gasteiger partial charge is 0.378 e. The van der Waals surface area contributed by atoms with Gasteiger partial charge in [-0.15, -0.1) is 10.2 Å². The second-order valence-electron chi connectivity index (χ2n) is 8.78. The van der Waals surface area contributed by atoms with E-state index in [1.54, 1.807) is 6.07 Å². The van der Waals surface area contributed by atoms with Crippen LogP contribution < -0.4 is 10.2 Å². The van der Waals surface area contributed by atoms with Gasteiger partial charge < -0.3 is 15.0 Å². The molecule has 34 heavy (non-hydrogen) atoms. The first-order valence-corrected chi connectivity index (χ1v) is 12.6. The van der Waals surface area contributed by atoms with Gasteiger partial charge in [-0.05, 0) is 49.4 Å². The smallest absolute Gasteiger partial charge is 0.232 e. The number of ether oxygens (including phenoxy) is 1. The number of morpholine rings is 1.